The van der Waals surface area contributed by atoms with Crippen LogP contribution in [0.2, 0.25) is 0 Å². The highest BCUT2D eigenvalue weighted by Gasteiger charge is 2.34. The number of benzene rings is 2. The van der Waals surface area contributed by atoms with Crippen LogP contribution in [0.5, 0.6) is 0 Å². The van der Waals surface area contributed by atoms with Gasteiger partial charge < -0.3 is 9.80 Å². The molecule has 1 fully saturated rings. The predicted octanol–water partition coefficient (Wildman–Crippen LogP) is 3.32. The highest BCUT2D eigenvalue weighted by atomic mass is 19.1. The summed E-state index contributed by atoms with van der Waals surface area (Å²) < 4.78 is 13.3. The van der Waals surface area contributed by atoms with Crippen LogP contribution >= 0.6 is 0 Å². The molecule has 1 saturated heterocycles. The van der Waals surface area contributed by atoms with Gasteiger partial charge in [0.25, 0.3) is 5.91 Å². The van der Waals surface area contributed by atoms with Crippen LogP contribution in [-0.2, 0) is 4.79 Å². The maximum absolute atomic E-state index is 13.3. The van der Waals surface area contributed by atoms with Gasteiger partial charge >= 0.3 is 0 Å². The molecular formula is C20H21FN2O2. The number of amides is 2. The molecule has 1 aliphatic heterocycles. The standard InChI is InChI=1S/C20H21FN2O2/c1-13-4-7-17(8-5-13)23-11-15(3)22(12-19(23)24)20(25)18-9-6-16(21)10-14(18)2/h4-10,15H,11-12H2,1-3H3/t15-/m1/s1. The second-order valence-corrected chi connectivity index (χ2v) is 6.58. The number of halogens is 1. The Balaban J connectivity index is 1.81. The van der Waals surface area contributed by atoms with E-state index in [-0.39, 0.29) is 30.2 Å². The first-order chi connectivity index (χ1) is 11.9. The van der Waals surface area contributed by atoms with E-state index in [1.165, 1.54) is 18.2 Å². The van der Waals surface area contributed by atoms with Crippen molar-refractivity contribution >= 4 is 17.5 Å². The Bertz CT molecular complexity index is 817. The number of hydrogen-bond acceptors (Lipinski definition) is 2. The Labute approximate surface area is 146 Å². The first-order valence-corrected chi connectivity index (χ1v) is 8.31. The van der Waals surface area contributed by atoms with Gasteiger partial charge in [0.2, 0.25) is 5.91 Å². The van der Waals surface area contributed by atoms with Crippen molar-refractivity contribution < 1.29 is 14.0 Å². The Morgan fingerprint density at radius 2 is 1.80 bits per heavy atom. The van der Waals surface area contributed by atoms with E-state index < -0.39 is 0 Å². The Kier molecular flexibility index (Phi) is 4.57. The average Bonchev–Trinajstić information content (AvgIpc) is 2.57. The van der Waals surface area contributed by atoms with Crippen molar-refractivity contribution in [2.24, 2.45) is 0 Å². The number of rotatable bonds is 2. The van der Waals surface area contributed by atoms with Crippen LogP contribution in [0.1, 0.15) is 28.4 Å². The minimum atomic E-state index is -0.373. The maximum atomic E-state index is 13.3. The van der Waals surface area contributed by atoms with E-state index >= 15 is 0 Å². The molecule has 0 aromatic heterocycles. The molecule has 5 heteroatoms. The second kappa shape index (κ2) is 6.67. The number of aryl methyl sites for hydroxylation is 2. The molecule has 0 bridgehead atoms. The normalized spacial score (nSPS) is 17.8. The van der Waals surface area contributed by atoms with E-state index in [4.69, 9.17) is 0 Å². The van der Waals surface area contributed by atoms with Gasteiger partial charge in [0.15, 0.2) is 0 Å². The molecule has 3 rings (SSSR count). The van der Waals surface area contributed by atoms with Crippen LogP contribution in [0, 0.1) is 19.7 Å². The maximum Gasteiger partial charge on any atom is 0.254 e. The molecule has 0 radical (unpaired) electrons. The lowest BCUT2D eigenvalue weighted by Gasteiger charge is -2.39. The summed E-state index contributed by atoms with van der Waals surface area (Å²) in [6.07, 6.45) is 0. The van der Waals surface area contributed by atoms with Crippen LogP contribution in [0.3, 0.4) is 0 Å². The Hall–Kier alpha value is -2.69. The Morgan fingerprint density at radius 3 is 2.44 bits per heavy atom. The topological polar surface area (TPSA) is 40.6 Å². The summed E-state index contributed by atoms with van der Waals surface area (Å²) in [7, 11) is 0. The fourth-order valence-corrected chi connectivity index (χ4v) is 3.12. The van der Waals surface area contributed by atoms with Crippen LogP contribution in [0.4, 0.5) is 10.1 Å². The van der Waals surface area contributed by atoms with Gasteiger partial charge in [-0.3, -0.25) is 9.59 Å². The van der Waals surface area contributed by atoms with E-state index in [2.05, 4.69) is 0 Å². The SMILES string of the molecule is Cc1ccc(N2C[C@@H](C)N(C(=O)c3ccc(F)cc3C)CC2=O)cc1. The zero-order valence-electron chi connectivity index (χ0n) is 14.6. The zero-order chi connectivity index (χ0) is 18.1. The van der Waals surface area contributed by atoms with Gasteiger partial charge in [0.1, 0.15) is 12.4 Å². The quantitative estimate of drug-likeness (QED) is 0.841. The molecule has 1 atom stereocenters. The number of carbonyl (C=O) groups is 2. The molecule has 0 saturated carbocycles. The van der Waals surface area contributed by atoms with Crippen molar-refractivity contribution in [3.8, 4) is 0 Å². The lowest BCUT2D eigenvalue weighted by molar-refractivity contribution is -0.121. The molecule has 0 spiro atoms. The van der Waals surface area contributed by atoms with Crippen molar-refractivity contribution in [1.29, 1.82) is 0 Å². The number of anilines is 1. The molecule has 1 aliphatic rings. The molecule has 2 aromatic rings. The van der Waals surface area contributed by atoms with Gasteiger partial charge in [-0.15, -0.1) is 0 Å². The van der Waals surface area contributed by atoms with E-state index in [0.717, 1.165) is 11.3 Å². The lowest BCUT2D eigenvalue weighted by Crippen LogP contribution is -2.57. The molecule has 25 heavy (non-hydrogen) atoms. The third-order valence-corrected chi connectivity index (χ3v) is 4.61. The van der Waals surface area contributed by atoms with Crippen molar-refractivity contribution in [2.75, 3.05) is 18.0 Å². The summed E-state index contributed by atoms with van der Waals surface area (Å²) in [6, 6.07) is 11.7. The van der Waals surface area contributed by atoms with Gasteiger partial charge in [0, 0.05) is 23.8 Å². The minimum Gasteiger partial charge on any atom is -0.325 e. The van der Waals surface area contributed by atoms with E-state index in [9.17, 15) is 14.0 Å². The third-order valence-electron chi connectivity index (χ3n) is 4.61. The second-order valence-electron chi connectivity index (χ2n) is 6.58. The summed E-state index contributed by atoms with van der Waals surface area (Å²) in [5, 5.41) is 0. The van der Waals surface area contributed by atoms with E-state index in [1.807, 2.05) is 38.1 Å². The summed E-state index contributed by atoms with van der Waals surface area (Å²) >= 11 is 0. The van der Waals surface area contributed by atoms with E-state index in [0.29, 0.717) is 17.7 Å². The van der Waals surface area contributed by atoms with Gasteiger partial charge in [-0.1, -0.05) is 17.7 Å². The number of nitrogens with zero attached hydrogens (tertiary/aromatic N) is 2. The number of hydrogen-bond donors (Lipinski definition) is 0. The average molecular weight is 340 g/mol. The van der Waals surface area contributed by atoms with Crippen LogP contribution in [0.15, 0.2) is 42.5 Å². The fourth-order valence-electron chi connectivity index (χ4n) is 3.12. The summed E-state index contributed by atoms with van der Waals surface area (Å²) in [5.74, 6) is -0.723. The molecule has 0 aliphatic carbocycles. The minimum absolute atomic E-state index is 0.0185. The van der Waals surface area contributed by atoms with Crippen LogP contribution in [0.25, 0.3) is 0 Å². The summed E-state index contributed by atoms with van der Waals surface area (Å²) in [5.41, 5.74) is 2.98. The van der Waals surface area contributed by atoms with Crippen molar-refractivity contribution in [3.05, 3.63) is 65.0 Å². The van der Waals surface area contributed by atoms with Crippen LogP contribution in [-0.4, -0.2) is 35.8 Å². The highest BCUT2D eigenvalue weighted by molar-refractivity contribution is 6.02. The zero-order valence-corrected chi connectivity index (χ0v) is 14.6. The van der Waals surface area contributed by atoms with Gasteiger partial charge in [0.05, 0.1) is 0 Å². The largest absolute Gasteiger partial charge is 0.325 e. The van der Waals surface area contributed by atoms with Crippen molar-refractivity contribution in [1.82, 2.24) is 4.90 Å². The summed E-state index contributed by atoms with van der Waals surface area (Å²) in [4.78, 5) is 28.7. The monoisotopic (exact) mass is 340 g/mol. The predicted molar refractivity (Wildman–Crippen MR) is 95.2 cm³/mol. The highest BCUT2D eigenvalue weighted by Crippen LogP contribution is 2.23. The number of piperazine rings is 1. The molecule has 2 amide bonds. The molecule has 4 nitrogen and oxygen atoms in total. The molecule has 130 valence electrons. The molecule has 0 N–H and O–H groups in total. The number of carbonyl (C=O) groups excluding carboxylic acids is 2. The summed E-state index contributed by atoms with van der Waals surface area (Å²) in [6.45, 7) is 6.07. The van der Waals surface area contributed by atoms with Gasteiger partial charge in [-0.25, -0.2) is 4.39 Å². The Morgan fingerprint density at radius 1 is 1.12 bits per heavy atom. The van der Waals surface area contributed by atoms with Gasteiger partial charge in [-0.2, -0.15) is 0 Å². The van der Waals surface area contributed by atoms with Crippen LogP contribution < -0.4 is 4.90 Å². The van der Waals surface area contributed by atoms with Crippen molar-refractivity contribution in [2.45, 2.75) is 26.8 Å². The van der Waals surface area contributed by atoms with Gasteiger partial charge in [-0.05, 0) is 56.7 Å². The molecule has 1 heterocycles. The molecule has 2 aromatic carbocycles. The first kappa shape index (κ1) is 17.1. The third kappa shape index (κ3) is 3.40. The van der Waals surface area contributed by atoms with Crippen molar-refractivity contribution in [3.63, 3.8) is 0 Å². The lowest BCUT2D eigenvalue weighted by atomic mass is 10.0. The fraction of sp³-hybridized carbons (Fsp3) is 0.300. The first-order valence-electron chi connectivity index (χ1n) is 8.31. The molecular weight excluding hydrogens is 319 g/mol. The van der Waals surface area contributed by atoms with E-state index in [1.54, 1.807) is 16.7 Å². The smallest absolute Gasteiger partial charge is 0.254 e. The molecule has 0 unspecified atom stereocenters.